The van der Waals surface area contributed by atoms with Gasteiger partial charge in [0.1, 0.15) is 11.6 Å². The molecule has 1 heterocycles. The molecule has 1 aliphatic heterocycles. The maximum absolute atomic E-state index is 12.4. The first kappa shape index (κ1) is 43.3. The molecule has 0 bridgehead atoms. The van der Waals surface area contributed by atoms with Crippen LogP contribution in [0.5, 0.6) is 17.2 Å². The van der Waals surface area contributed by atoms with Crippen LogP contribution in [0.3, 0.4) is 0 Å². The molecule has 0 fully saturated rings. The largest absolute Gasteiger partial charge is 0.493 e. The predicted molar refractivity (Wildman–Crippen MR) is 211 cm³/mol. The summed E-state index contributed by atoms with van der Waals surface area (Å²) in [4.78, 5) is 38.3. The first-order chi connectivity index (χ1) is 26.9. The van der Waals surface area contributed by atoms with Gasteiger partial charge >= 0.3 is 0 Å². The van der Waals surface area contributed by atoms with E-state index >= 15 is 0 Å². The van der Waals surface area contributed by atoms with Crippen LogP contribution in [-0.4, -0.2) is 110 Å². The van der Waals surface area contributed by atoms with Crippen molar-refractivity contribution in [3.63, 3.8) is 0 Å². The lowest BCUT2D eigenvalue weighted by atomic mass is 10.0. The number of carbonyl (C=O) groups is 3. The van der Waals surface area contributed by atoms with Gasteiger partial charge in [-0.25, -0.2) is 0 Å². The van der Waals surface area contributed by atoms with Gasteiger partial charge in [0.2, 0.25) is 11.8 Å². The molecule has 13 nitrogen and oxygen atoms in total. The van der Waals surface area contributed by atoms with E-state index in [9.17, 15) is 14.4 Å². The second kappa shape index (κ2) is 24.9. The molecule has 0 aliphatic carbocycles. The zero-order chi connectivity index (χ0) is 39.1. The lowest BCUT2D eigenvalue weighted by Crippen LogP contribution is -2.36. The summed E-state index contributed by atoms with van der Waals surface area (Å²) in [6.07, 6.45) is 5.75. The van der Waals surface area contributed by atoms with Gasteiger partial charge in [-0.2, -0.15) is 0 Å². The number of anilines is 2. The van der Waals surface area contributed by atoms with Crippen LogP contribution in [0, 0.1) is 6.42 Å². The van der Waals surface area contributed by atoms with Crippen molar-refractivity contribution in [3.05, 3.63) is 83.8 Å². The molecule has 3 aromatic carbocycles. The molecule has 1 radical (unpaired) electrons. The van der Waals surface area contributed by atoms with Crippen LogP contribution in [0.1, 0.15) is 36.0 Å². The molecule has 0 saturated carbocycles. The van der Waals surface area contributed by atoms with E-state index in [-0.39, 0.29) is 36.6 Å². The Labute approximate surface area is 328 Å². The average Bonchev–Trinajstić information content (AvgIpc) is 3.20. The molecule has 0 atom stereocenters. The highest BCUT2D eigenvalue weighted by atomic mass is 35.5. The van der Waals surface area contributed by atoms with Crippen LogP contribution in [0.2, 0.25) is 0 Å². The number of halogens is 1. The van der Waals surface area contributed by atoms with Gasteiger partial charge in [-0.1, -0.05) is 18.2 Å². The zero-order valence-corrected chi connectivity index (χ0v) is 32.5. The maximum Gasteiger partial charge on any atom is 0.258 e. The normalized spacial score (nSPS) is 12.2. The molecule has 3 aromatic rings. The van der Waals surface area contributed by atoms with Gasteiger partial charge in [-0.3, -0.25) is 14.4 Å². The topological polar surface area (TPSA) is 143 Å². The summed E-state index contributed by atoms with van der Waals surface area (Å²) in [6.45, 7) is 3.90. The number of rotatable bonds is 26. The number of nitrogens with one attached hydrogen (secondary N) is 2. The number of fused-ring (bicyclic) bond motifs is 1. The Hall–Kier alpha value is -4.40. The van der Waals surface area contributed by atoms with Gasteiger partial charge in [-0.15, -0.1) is 11.6 Å². The van der Waals surface area contributed by atoms with Crippen molar-refractivity contribution in [1.82, 2.24) is 5.32 Å². The number of alkyl halides is 1. The van der Waals surface area contributed by atoms with Gasteiger partial charge < -0.3 is 48.7 Å². The Bertz CT molecular complexity index is 1640. The first-order valence-corrected chi connectivity index (χ1v) is 19.1. The Kier molecular flexibility index (Phi) is 19.6. The molecule has 14 heteroatoms. The molecular weight excluding hydrogens is 730 g/mol. The number of hydrogen-bond donors (Lipinski definition) is 2. The van der Waals surface area contributed by atoms with Crippen molar-refractivity contribution in [2.45, 2.75) is 32.1 Å². The number of benzene rings is 3. The third-order valence-electron chi connectivity index (χ3n) is 8.54. The van der Waals surface area contributed by atoms with Gasteiger partial charge in [-0.05, 0) is 91.3 Å². The molecule has 0 saturated heterocycles. The highest BCUT2D eigenvalue weighted by Gasteiger charge is 2.22. The number of hydrogen-bond acceptors (Lipinski definition) is 10. The molecule has 0 spiro atoms. The predicted octanol–water partition coefficient (Wildman–Crippen LogP) is 5.00. The van der Waals surface area contributed by atoms with E-state index in [2.05, 4.69) is 17.1 Å². The van der Waals surface area contributed by atoms with Crippen molar-refractivity contribution >= 4 is 40.7 Å². The minimum atomic E-state index is -0.253. The fraction of sp³-hybridized carbons (Fsp3) is 0.463. The SMILES string of the molecule is COc1ccc(CC[CH]c2cccc(NC(=O)CCOCCOCCOCCOCCNC(=O)COc3ccc4c(c3)CCCN4C(=O)CCl)c2)cc1OC. The second-order valence-electron chi connectivity index (χ2n) is 12.5. The Morgan fingerprint density at radius 3 is 2.25 bits per heavy atom. The number of amides is 3. The second-order valence-corrected chi connectivity index (χ2v) is 12.8. The van der Waals surface area contributed by atoms with Crippen molar-refractivity contribution in [2.75, 3.05) is 103 Å². The summed E-state index contributed by atoms with van der Waals surface area (Å²) in [5.41, 5.74) is 4.77. The van der Waals surface area contributed by atoms with Gasteiger partial charge in [0, 0.05) is 24.5 Å². The van der Waals surface area contributed by atoms with E-state index < -0.39 is 0 Å². The Balaban J connectivity index is 0.926. The summed E-state index contributed by atoms with van der Waals surface area (Å²) >= 11 is 5.73. The fourth-order valence-corrected chi connectivity index (χ4v) is 5.94. The highest BCUT2D eigenvalue weighted by Crippen LogP contribution is 2.31. The van der Waals surface area contributed by atoms with E-state index in [0.29, 0.717) is 83.2 Å². The van der Waals surface area contributed by atoms with Crippen LogP contribution in [0.15, 0.2) is 60.7 Å². The van der Waals surface area contributed by atoms with Crippen LogP contribution >= 0.6 is 11.6 Å². The summed E-state index contributed by atoms with van der Waals surface area (Å²) in [5, 5.41) is 5.69. The minimum Gasteiger partial charge on any atom is -0.493 e. The smallest absolute Gasteiger partial charge is 0.258 e. The summed E-state index contributed by atoms with van der Waals surface area (Å²) in [6, 6.07) is 19.1. The number of ether oxygens (including phenoxy) is 7. The van der Waals surface area contributed by atoms with E-state index in [1.54, 1.807) is 25.2 Å². The molecule has 4 rings (SSSR count). The molecule has 2 N–H and O–H groups in total. The van der Waals surface area contributed by atoms with Crippen LogP contribution < -0.4 is 29.7 Å². The van der Waals surface area contributed by atoms with Crippen molar-refractivity contribution in [3.8, 4) is 17.2 Å². The van der Waals surface area contributed by atoms with Crippen molar-refractivity contribution in [2.24, 2.45) is 0 Å². The van der Waals surface area contributed by atoms with Crippen LogP contribution in [0.25, 0.3) is 0 Å². The highest BCUT2D eigenvalue weighted by molar-refractivity contribution is 6.29. The zero-order valence-electron chi connectivity index (χ0n) is 31.8. The third kappa shape index (κ3) is 15.7. The van der Waals surface area contributed by atoms with E-state index in [0.717, 1.165) is 53.7 Å². The lowest BCUT2D eigenvalue weighted by molar-refractivity contribution is -0.123. The quantitative estimate of drug-likeness (QED) is 0.0845. The van der Waals surface area contributed by atoms with Crippen molar-refractivity contribution < 1.29 is 47.5 Å². The Morgan fingerprint density at radius 1 is 0.800 bits per heavy atom. The molecule has 3 amide bonds. The summed E-state index contributed by atoms with van der Waals surface area (Å²) < 4.78 is 38.4. The molecule has 299 valence electrons. The van der Waals surface area contributed by atoms with E-state index in [4.69, 9.17) is 44.8 Å². The summed E-state index contributed by atoms with van der Waals surface area (Å²) in [5.74, 6) is 1.45. The molecular formula is C41H53ClN3O10. The fourth-order valence-electron chi connectivity index (χ4n) is 5.79. The first-order valence-electron chi connectivity index (χ1n) is 18.5. The number of carbonyl (C=O) groups excluding carboxylic acids is 3. The van der Waals surface area contributed by atoms with Gasteiger partial charge in [0.15, 0.2) is 18.1 Å². The molecule has 0 unspecified atom stereocenters. The Morgan fingerprint density at radius 2 is 1.53 bits per heavy atom. The molecule has 1 aliphatic rings. The van der Waals surface area contributed by atoms with Crippen molar-refractivity contribution in [1.29, 1.82) is 0 Å². The lowest BCUT2D eigenvalue weighted by Gasteiger charge is -2.29. The monoisotopic (exact) mass is 782 g/mol. The molecule has 0 aromatic heterocycles. The summed E-state index contributed by atoms with van der Waals surface area (Å²) in [7, 11) is 3.25. The van der Waals surface area contributed by atoms with Gasteiger partial charge in [0.25, 0.3) is 5.91 Å². The van der Waals surface area contributed by atoms with Gasteiger partial charge in [0.05, 0.1) is 73.5 Å². The number of methoxy groups -OCH3 is 2. The number of nitrogens with zero attached hydrogens (tertiary/aromatic N) is 1. The van der Waals surface area contributed by atoms with Crippen LogP contribution in [0.4, 0.5) is 11.4 Å². The van der Waals surface area contributed by atoms with E-state index in [1.165, 1.54) is 0 Å². The standard InChI is InChI=1S/C41H53ClN3O10/c1-49-37-14-11-32(27-38(37)50-2)7-3-6-31-8-4-10-34(26-31)44-39(46)15-18-51-20-22-53-24-25-54-23-21-52-19-16-43-40(47)30-55-35-12-13-36-33(28-35)9-5-17-45(36)41(48)29-42/h4,6,8,10-14,26-28H,3,5,7,9,15-25,29-30H2,1-2H3,(H,43,47)(H,44,46). The maximum atomic E-state index is 12.4. The minimum absolute atomic E-state index is 0.0594. The average molecular weight is 783 g/mol. The third-order valence-corrected chi connectivity index (χ3v) is 8.77. The van der Waals surface area contributed by atoms with E-state index in [1.807, 2.05) is 54.6 Å². The number of aryl methyl sites for hydroxylation is 2. The molecule has 55 heavy (non-hydrogen) atoms. The van der Waals surface area contributed by atoms with Crippen LogP contribution in [-0.2, 0) is 46.2 Å².